The maximum atomic E-state index is 12.2. The SMILES string of the molecule is N#CN1CCC(C(=O)NC2=NCC(CN3CCCC3)S2)C1. The molecule has 0 spiro atoms. The van der Waals surface area contributed by atoms with Gasteiger partial charge in [-0.2, -0.15) is 5.26 Å². The minimum Gasteiger partial charge on any atom is -0.310 e. The number of rotatable bonds is 3. The molecule has 3 rings (SSSR count). The van der Waals surface area contributed by atoms with Gasteiger partial charge in [0.05, 0.1) is 12.5 Å². The summed E-state index contributed by atoms with van der Waals surface area (Å²) in [4.78, 5) is 20.7. The summed E-state index contributed by atoms with van der Waals surface area (Å²) in [6.45, 7) is 5.49. The van der Waals surface area contributed by atoms with Crippen molar-refractivity contribution < 1.29 is 4.79 Å². The van der Waals surface area contributed by atoms with Crippen molar-refractivity contribution in [2.75, 3.05) is 39.3 Å². The minimum absolute atomic E-state index is 0.0147. The molecule has 0 bridgehead atoms. The fourth-order valence-corrected chi connectivity index (χ4v) is 4.17. The van der Waals surface area contributed by atoms with Gasteiger partial charge in [-0.3, -0.25) is 9.79 Å². The largest absolute Gasteiger partial charge is 0.310 e. The fourth-order valence-electron chi connectivity index (χ4n) is 3.11. The Morgan fingerprint density at radius 1 is 1.43 bits per heavy atom. The molecule has 2 unspecified atom stereocenters. The molecule has 0 aromatic rings. The van der Waals surface area contributed by atoms with Gasteiger partial charge in [0, 0.05) is 24.9 Å². The highest BCUT2D eigenvalue weighted by Gasteiger charge is 2.30. The zero-order valence-corrected chi connectivity index (χ0v) is 12.9. The number of carbonyl (C=O) groups is 1. The third kappa shape index (κ3) is 3.69. The summed E-state index contributed by atoms with van der Waals surface area (Å²) in [7, 11) is 0. The lowest BCUT2D eigenvalue weighted by atomic mass is 10.1. The molecule has 1 amide bonds. The lowest BCUT2D eigenvalue weighted by Gasteiger charge is -2.18. The van der Waals surface area contributed by atoms with Crippen molar-refractivity contribution in [2.24, 2.45) is 10.9 Å². The lowest BCUT2D eigenvalue weighted by molar-refractivity contribution is -0.123. The Morgan fingerprint density at radius 2 is 2.24 bits per heavy atom. The second-order valence-electron chi connectivity index (χ2n) is 5.91. The summed E-state index contributed by atoms with van der Waals surface area (Å²) in [5, 5.41) is 13.0. The molecule has 0 aromatic carbocycles. The Labute approximate surface area is 129 Å². The molecule has 21 heavy (non-hydrogen) atoms. The molecule has 3 heterocycles. The van der Waals surface area contributed by atoms with Gasteiger partial charge in [0.15, 0.2) is 11.4 Å². The molecule has 114 valence electrons. The summed E-state index contributed by atoms with van der Waals surface area (Å²) in [6.07, 6.45) is 5.47. The van der Waals surface area contributed by atoms with Crippen LogP contribution in [0.4, 0.5) is 0 Å². The van der Waals surface area contributed by atoms with E-state index in [1.54, 1.807) is 16.7 Å². The molecule has 2 fully saturated rings. The van der Waals surface area contributed by atoms with Gasteiger partial charge in [-0.15, -0.1) is 0 Å². The number of hydrogen-bond donors (Lipinski definition) is 1. The van der Waals surface area contributed by atoms with Crippen LogP contribution >= 0.6 is 11.8 Å². The summed E-state index contributed by atoms with van der Waals surface area (Å²) in [5.74, 6) is -0.0635. The molecular weight excluding hydrogens is 286 g/mol. The summed E-state index contributed by atoms with van der Waals surface area (Å²) >= 11 is 1.69. The third-order valence-corrected chi connectivity index (χ3v) is 5.39. The van der Waals surface area contributed by atoms with E-state index in [4.69, 9.17) is 5.26 Å². The monoisotopic (exact) mass is 307 g/mol. The smallest absolute Gasteiger partial charge is 0.230 e. The van der Waals surface area contributed by atoms with E-state index in [0.29, 0.717) is 18.3 Å². The van der Waals surface area contributed by atoms with Crippen molar-refractivity contribution in [1.82, 2.24) is 15.1 Å². The number of aliphatic imine (C=N–C) groups is 1. The molecule has 2 saturated heterocycles. The Hall–Kier alpha value is -1.26. The molecular formula is C14H21N5OS. The standard InChI is InChI=1S/C14H21N5OS/c15-10-19-6-3-11(8-19)13(20)17-14-16-7-12(21-14)9-18-4-1-2-5-18/h11-12H,1-9H2,(H,16,17,20). The van der Waals surface area contributed by atoms with Crippen LogP contribution in [-0.2, 0) is 4.79 Å². The highest BCUT2D eigenvalue weighted by molar-refractivity contribution is 8.14. The van der Waals surface area contributed by atoms with Crippen LogP contribution in [0.25, 0.3) is 0 Å². The van der Waals surface area contributed by atoms with Crippen molar-refractivity contribution >= 4 is 22.8 Å². The average Bonchev–Trinajstić information content (AvgIpc) is 3.20. The number of likely N-dealkylation sites (tertiary alicyclic amines) is 2. The molecule has 0 saturated carbocycles. The highest BCUT2D eigenvalue weighted by Crippen LogP contribution is 2.23. The van der Waals surface area contributed by atoms with E-state index < -0.39 is 0 Å². The molecule has 0 aromatic heterocycles. The molecule has 6 nitrogen and oxygen atoms in total. The van der Waals surface area contributed by atoms with Gasteiger partial charge >= 0.3 is 0 Å². The maximum absolute atomic E-state index is 12.2. The van der Waals surface area contributed by atoms with Crippen molar-refractivity contribution in [3.63, 3.8) is 0 Å². The molecule has 2 atom stereocenters. The molecule has 1 N–H and O–H groups in total. The van der Waals surface area contributed by atoms with Gasteiger partial charge in [-0.1, -0.05) is 11.8 Å². The van der Waals surface area contributed by atoms with Gasteiger partial charge < -0.3 is 15.1 Å². The van der Waals surface area contributed by atoms with E-state index in [1.165, 1.54) is 25.9 Å². The van der Waals surface area contributed by atoms with E-state index in [0.717, 1.165) is 24.7 Å². The van der Waals surface area contributed by atoms with Gasteiger partial charge in [-0.05, 0) is 32.4 Å². The molecule has 0 aliphatic carbocycles. The topological polar surface area (TPSA) is 71.7 Å². The van der Waals surface area contributed by atoms with Crippen molar-refractivity contribution in [1.29, 1.82) is 5.26 Å². The van der Waals surface area contributed by atoms with Crippen molar-refractivity contribution in [3.8, 4) is 6.19 Å². The number of amidine groups is 1. The van der Waals surface area contributed by atoms with Crippen LogP contribution in [0.3, 0.4) is 0 Å². The Bertz CT molecular complexity index is 468. The van der Waals surface area contributed by atoms with Crippen molar-refractivity contribution in [2.45, 2.75) is 24.5 Å². The zero-order valence-electron chi connectivity index (χ0n) is 12.1. The van der Waals surface area contributed by atoms with Gasteiger partial charge in [0.25, 0.3) is 0 Å². The molecule has 0 radical (unpaired) electrons. The van der Waals surface area contributed by atoms with E-state index in [1.807, 2.05) is 0 Å². The number of carbonyl (C=O) groups excluding carboxylic acids is 1. The number of nitriles is 1. The number of hydrogen-bond acceptors (Lipinski definition) is 6. The second kappa shape index (κ2) is 6.67. The van der Waals surface area contributed by atoms with Crippen LogP contribution in [0.5, 0.6) is 0 Å². The van der Waals surface area contributed by atoms with Gasteiger partial charge in [-0.25, -0.2) is 0 Å². The Kier molecular flexibility index (Phi) is 4.66. The summed E-state index contributed by atoms with van der Waals surface area (Å²) in [6, 6.07) is 0. The highest BCUT2D eigenvalue weighted by atomic mass is 32.2. The number of nitrogens with zero attached hydrogens (tertiary/aromatic N) is 4. The summed E-state index contributed by atoms with van der Waals surface area (Å²) < 4.78 is 0. The maximum Gasteiger partial charge on any atom is 0.230 e. The number of thioether (sulfide) groups is 1. The van der Waals surface area contributed by atoms with E-state index in [2.05, 4.69) is 21.4 Å². The Morgan fingerprint density at radius 3 is 2.95 bits per heavy atom. The number of amides is 1. The van der Waals surface area contributed by atoms with Crippen LogP contribution in [0.1, 0.15) is 19.3 Å². The van der Waals surface area contributed by atoms with Crippen LogP contribution in [-0.4, -0.2) is 65.4 Å². The van der Waals surface area contributed by atoms with E-state index in [9.17, 15) is 4.79 Å². The first-order valence-corrected chi connectivity index (χ1v) is 8.51. The third-order valence-electron chi connectivity index (χ3n) is 4.31. The first-order valence-electron chi connectivity index (χ1n) is 7.63. The normalized spacial score (nSPS) is 29.5. The van der Waals surface area contributed by atoms with Crippen LogP contribution in [0.15, 0.2) is 4.99 Å². The zero-order chi connectivity index (χ0) is 14.7. The molecule has 3 aliphatic rings. The minimum atomic E-state index is -0.0782. The van der Waals surface area contributed by atoms with Gasteiger partial charge in [0.2, 0.25) is 5.91 Å². The fraction of sp³-hybridized carbons (Fsp3) is 0.786. The second-order valence-corrected chi connectivity index (χ2v) is 7.20. The average molecular weight is 307 g/mol. The van der Waals surface area contributed by atoms with Crippen LogP contribution < -0.4 is 5.32 Å². The van der Waals surface area contributed by atoms with Gasteiger partial charge in [0.1, 0.15) is 0 Å². The van der Waals surface area contributed by atoms with Crippen LogP contribution in [0.2, 0.25) is 0 Å². The first kappa shape index (κ1) is 14.7. The van der Waals surface area contributed by atoms with E-state index >= 15 is 0 Å². The van der Waals surface area contributed by atoms with Crippen LogP contribution in [0, 0.1) is 17.4 Å². The first-order chi connectivity index (χ1) is 10.2. The molecule has 7 heteroatoms. The summed E-state index contributed by atoms with van der Waals surface area (Å²) in [5.41, 5.74) is 0. The Balaban J connectivity index is 1.42. The quantitative estimate of drug-likeness (QED) is 0.768. The molecule has 3 aliphatic heterocycles. The predicted octanol–water partition coefficient (Wildman–Crippen LogP) is 0.473. The predicted molar refractivity (Wildman–Crippen MR) is 82.8 cm³/mol. The van der Waals surface area contributed by atoms with Crippen molar-refractivity contribution in [3.05, 3.63) is 0 Å². The van der Waals surface area contributed by atoms with E-state index in [-0.39, 0.29) is 11.8 Å². The lowest BCUT2D eigenvalue weighted by Crippen LogP contribution is -2.35. The number of nitrogens with one attached hydrogen (secondary N) is 1.